The minimum atomic E-state index is -0.0582. The highest BCUT2D eigenvalue weighted by Gasteiger charge is 2.15. The summed E-state index contributed by atoms with van der Waals surface area (Å²) < 4.78 is 1.07. The van der Waals surface area contributed by atoms with Gasteiger partial charge < -0.3 is 5.32 Å². The number of rotatable bonds is 3. The van der Waals surface area contributed by atoms with Gasteiger partial charge >= 0.3 is 0 Å². The summed E-state index contributed by atoms with van der Waals surface area (Å²) in [6.07, 6.45) is 0. The van der Waals surface area contributed by atoms with Gasteiger partial charge in [0.05, 0.1) is 12.1 Å². The van der Waals surface area contributed by atoms with Gasteiger partial charge in [-0.3, -0.25) is 9.79 Å². The fourth-order valence-electron chi connectivity index (χ4n) is 2.21. The summed E-state index contributed by atoms with van der Waals surface area (Å²) >= 11 is 3.88. The number of nitrogens with zero attached hydrogens (tertiary/aromatic N) is 1. The van der Waals surface area contributed by atoms with E-state index in [-0.39, 0.29) is 5.91 Å². The van der Waals surface area contributed by atoms with Gasteiger partial charge in [0.2, 0.25) is 0 Å². The lowest BCUT2D eigenvalue weighted by Crippen LogP contribution is -2.18. The predicted octanol–water partition coefficient (Wildman–Crippen LogP) is 3.89. The molecule has 1 heterocycles. The van der Waals surface area contributed by atoms with Crippen LogP contribution < -0.4 is 5.32 Å². The average Bonchev–Trinajstić information content (AvgIpc) is 2.88. The molecule has 0 fully saturated rings. The van der Waals surface area contributed by atoms with E-state index in [0.29, 0.717) is 5.56 Å². The molecule has 21 heavy (non-hydrogen) atoms. The second-order valence-corrected chi connectivity index (χ2v) is 6.74. The zero-order valence-corrected chi connectivity index (χ0v) is 14.4. The number of benzene rings is 2. The molecule has 0 atom stereocenters. The lowest BCUT2D eigenvalue weighted by molar-refractivity contribution is 0.0960. The fourth-order valence-corrected chi connectivity index (χ4v) is 3.92. The van der Waals surface area contributed by atoms with Gasteiger partial charge in [0.25, 0.3) is 5.91 Å². The van der Waals surface area contributed by atoms with Crippen molar-refractivity contribution < 1.29 is 4.79 Å². The second kappa shape index (κ2) is 6.19. The van der Waals surface area contributed by atoms with Gasteiger partial charge in [-0.2, -0.15) is 0 Å². The van der Waals surface area contributed by atoms with E-state index < -0.39 is 0 Å². The van der Waals surface area contributed by atoms with Gasteiger partial charge in [-0.1, -0.05) is 30.0 Å². The van der Waals surface area contributed by atoms with Crippen molar-refractivity contribution in [3.8, 4) is 0 Å². The van der Waals surface area contributed by atoms with Crippen LogP contribution in [0, 0.1) is 0 Å². The minimum absolute atomic E-state index is 0.0582. The summed E-state index contributed by atoms with van der Waals surface area (Å²) in [5, 5.41) is 2.68. The molecule has 1 aliphatic rings. The Hall–Kier alpha value is -1.34. The van der Waals surface area contributed by atoms with Crippen LogP contribution in [-0.4, -0.2) is 16.7 Å². The Kier molecular flexibility index (Phi) is 4.30. The molecule has 0 saturated carbocycles. The minimum Gasteiger partial charge on any atom is -0.355 e. The first-order valence-corrected chi connectivity index (χ1v) is 8.41. The maximum atomic E-state index is 11.9. The molecular weight excluding hydrogens is 395 g/mol. The lowest BCUT2D eigenvalue weighted by Gasteiger charge is -2.09. The number of nitrogens with one attached hydrogen (secondary N) is 1. The Labute approximate surface area is 141 Å². The highest BCUT2D eigenvalue weighted by atomic mass is 127. The molecule has 0 radical (unpaired) electrons. The molecule has 3 nitrogen and oxygen atoms in total. The fraction of sp³-hybridized carbons (Fsp3) is 0.125. The molecule has 0 unspecified atom stereocenters. The molecular formula is C16H13IN2OS. The van der Waals surface area contributed by atoms with Gasteiger partial charge in [0, 0.05) is 22.4 Å². The highest BCUT2D eigenvalue weighted by molar-refractivity contribution is 14.1. The van der Waals surface area contributed by atoms with Gasteiger partial charge in [-0.15, -0.1) is 0 Å². The summed E-state index contributed by atoms with van der Waals surface area (Å²) in [4.78, 5) is 18.4. The third-order valence-corrected chi connectivity index (χ3v) is 5.26. The van der Waals surface area contributed by atoms with Crippen molar-refractivity contribution in [3.05, 3.63) is 59.2 Å². The smallest absolute Gasteiger partial charge is 0.252 e. The largest absolute Gasteiger partial charge is 0.355 e. The van der Waals surface area contributed by atoms with E-state index in [2.05, 4.69) is 51.1 Å². The van der Waals surface area contributed by atoms with Crippen molar-refractivity contribution in [2.45, 2.75) is 16.3 Å². The van der Waals surface area contributed by atoms with E-state index in [1.165, 1.54) is 11.1 Å². The maximum Gasteiger partial charge on any atom is 0.252 e. The second-order valence-electron chi connectivity index (χ2n) is 4.60. The molecule has 1 aliphatic heterocycles. The van der Waals surface area contributed by atoms with Crippen LogP contribution in [0.2, 0.25) is 0 Å². The van der Waals surface area contributed by atoms with Crippen LogP contribution in [0.15, 0.2) is 57.2 Å². The first kappa shape index (κ1) is 14.6. The first-order valence-electron chi connectivity index (χ1n) is 6.51. The quantitative estimate of drug-likeness (QED) is 0.784. The van der Waals surface area contributed by atoms with Crippen LogP contribution >= 0.6 is 34.4 Å². The van der Waals surface area contributed by atoms with Gasteiger partial charge in [-0.25, -0.2) is 0 Å². The first-order chi connectivity index (χ1) is 10.2. The van der Waals surface area contributed by atoms with Crippen molar-refractivity contribution in [1.29, 1.82) is 0 Å². The van der Waals surface area contributed by atoms with Crippen molar-refractivity contribution in [2.75, 3.05) is 7.05 Å². The Morgan fingerprint density at radius 3 is 2.90 bits per heavy atom. The number of amides is 1. The van der Waals surface area contributed by atoms with Crippen molar-refractivity contribution in [1.82, 2.24) is 5.32 Å². The molecule has 1 N–H and O–H groups in total. The number of carbonyl (C=O) groups excluding carboxylic acids is 1. The number of hydrogen-bond donors (Lipinski definition) is 1. The zero-order chi connectivity index (χ0) is 14.8. The molecule has 0 aromatic heterocycles. The van der Waals surface area contributed by atoms with Crippen LogP contribution in [0.25, 0.3) is 0 Å². The Morgan fingerprint density at radius 2 is 2.10 bits per heavy atom. The third kappa shape index (κ3) is 2.98. The summed E-state index contributed by atoms with van der Waals surface area (Å²) in [7, 11) is 1.65. The topological polar surface area (TPSA) is 41.5 Å². The van der Waals surface area contributed by atoms with Crippen LogP contribution in [0.4, 0.5) is 0 Å². The molecule has 3 rings (SSSR count). The number of hydrogen-bond acceptors (Lipinski definition) is 3. The van der Waals surface area contributed by atoms with E-state index in [1.54, 1.807) is 18.8 Å². The van der Waals surface area contributed by atoms with Crippen molar-refractivity contribution in [2.24, 2.45) is 4.99 Å². The molecule has 1 amide bonds. The SMILES string of the molecule is CNC(=O)c1ccccc1Sc1ccc2c(c1)CN=C2I. The van der Waals surface area contributed by atoms with E-state index >= 15 is 0 Å². The molecule has 2 aromatic carbocycles. The van der Waals surface area contributed by atoms with E-state index in [1.807, 2.05) is 24.3 Å². The monoisotopic (exact) mass is 408 g/mol. The lowest BCUT2D eigenvalue weighted by atomic mass is 10.1. The van der Waals surface area contributed by atoms with Gasteiger partial charge in [0.1, 0.15) is 3.72 Å². The van der Waals surface area contributed by atoms with E-state index in [0.717, 1.165) is 20.1 Å². The Morgan fingerprint density at radius 1 is 1.29 bits per heavy atom. The molecule has 0 bridgehead atoms. The van der Waals surface area contributed by atoms with Crippen molar-refractivity contribution >= 4 is 44.0 Å². The molecule has 106 valence electrons. The van der Waals surface area contributed by atoms with E-state index in [4.69, 9.17) is 0 Å². The molecule has 0 spiro atoms. The van der Waals surface area contributed by atoms with Crippen LogP contribution in [0.5, 0.6) is 0 Å². The maximum absolute atomic E-state index is 11.9. The Bertz CT molecular complexity index is 743. The summed E-state index contributed by atoms with van der Waals surface area (Å²) in [5.74, 6) is -0.0582. The number of aliphatic imine (C=N–C) groups is 1. The van der Waals surface area contributed by atoms with Gasteiger partial charge in [0.15, 0.2) is 0 Å². The highest BCUT2D eigenvalue weighted by Crippen LogP contribution is 2.33. The van der Waals surface area contributed by atoms with Crippen LogP contribution in [0.3, 0.4) is 0 Å². The van der Waals surface area contributed by atoms with Gasteiger partial charge in [-0.05, 0) is 52.4 Å². The standard InChI is InChI=1S/C16H13IN2OS/c1-18-16(20)13-4-2-3-5-14(13)21-11-6-7-12-10(8-11)9-19-15(12)17/h2-8H,9H2,1H3,(H,18,20). The Balaban J connectivity index is 1.90. The number of halogens is 1. The van der Waals surface area contributed by atoms with Crippen LogP contribution in [-0.2, 0) is 6.54 Å². The normalized spacial score (nSPS) is 12.8. The third-order valence-electron chi connectivity index (χ3n) is 3.27. The number of fused-ring (bicyclic) bond motifs is 1. The summed E-state index contributed by atoms with van der Waals surface area (Å²) in [6, 6.07) is 14.0. The predicted molar refractivity (Wildman–Crippen MR) is 94.7 cm³/mol. The summed E-state index contributed by atoms with van der Waals surface area (Å²) in [6.45, 7) is 0.749. The van der Waals surface area contributed by atoms with Crippen LogP contribution in [0.1, 0.15) is 21.5 Å². The van der Waals surface area contributed by atoms with E-state index in [9.17, 15) is 4.79 Å². The molecule has 0 saturated heterocycles. The molecule has 5 heteroatoms. The van der Waals surface area contributed by atoms with Crippen molar-refractivity contribution in [3.63, 3.8) is 0 Å². The molecule has 2 aromatic rings. The number of carbonyl (C=O) groups is 1. The molecule has 0 aliphatic carbocycles. The average molecular weight is 408 g/mol. The zero-order valence-electron chi connectivity index (χ0n) is 11.4. The summed E-state index contributed by atoms with van der Waals surface area (Å²) in [5.41, 5.74) is 3.18.